The van der Waals surface area contributed by atoms with Crippen LogP contribution in [0.2, 0.25) is 0 Å². The van der Waals surface area contributed by atoms with Crippen molar-refractivity contribution in [1.29, 1.82) is 0 Å². The summed E-state index contributed by atoms with van der Waals surface area (Å²) in [6.45, 7) is 7.04. The zero-order valence-electron chi connectivity index (χ0n) is 22.7. The number of hydrogen-bond donors (Lipinski definition) is 1. The molecule has 1 aromatic carbocycles. The van der Waals surface area contributed by atoms with Gasteiger partial charge in [-0.3, -0.25) is 0 Å². The smallest absolute Gasteiger partial charge is 0.180 e. The van der Waals surface area contributed by atoms with E-state index in [4.69, 9.17) is 4.74 Å². The zero-order valence-corrected chi connectivity index (χ0v) is 22.7. The van der Waals surface area contributed by atoms with Crippen molar-refractivity contribution in [2.45, 2.75) is 90.0 Å². The predicted octanol–water partition coefficient (Wildman–Crippen LogP) is 5.21. The molecule has 198 valence electrons. The third-order valence-electron chi connectivity index (χ3n) is 7.61. The lowest BCUT2D eigenvalue weighted by atomic mass is 9.91. The van der Waals surface area contributed by atoms with Crippen LogP contribution in [-0.4, -0.2) is 46.0 Å². The van der Waals surface area contributed by atoms with Gasteiger partial charge in [-0.15, -0.1) is 5.10 Å². The number of quaternary nitrogens is 1. The standard InChI is InChI=1S/C31H43N5O/c1-3-4-5-6-7-8-11-25-13-15-26(16-14-25)28-17-20-32-30(28)23-37-21-9-12-27-22-29(36-35-24(27)2)31-33-18-10-19-34-31/h10,13-16,18-19,22,28,30,32H,3-9,11-12,17,20-21,23H2,1-2H3/p+1/t28-,30-/m1/s1. The Kier molecular flexibility index (Phi) is 11.0. The number of ether oxygens (including phenoxy) is 1. The second-order valence-corrected chi connectivity index (χ2v) is 10.4. The van der Waals surface area contributed by atoms with Crippen LogP contribution in [0.3, 0.4) is 0 Å². The molecule has 0 spiro atoms. The van der Waals surface area contributed by atoms with Gasteiger partial charge in [-0.1, -0.05) is 63.3 Å². The average molecular weight is 503 g/mol. The maximum atomic E-state index is 6.17. The van der Waals surface area contributed by atoms with Crippen molar-refractivity contribution in [2.75, 3.05) is 19.8 Å². The molecule has 4 rings (SSSR count). The third kappa shape index (κ3) is 8.41. The molecule has 2 N–H and O–H groups in total. The molecule has 6 nitrogen and oxygen atoms in total. The van der Waals surface area contributed by atoms with Crippen molar-refractivity contribution < 1.29 is 10.1 Å². The van der Waals surface area contributed by atoms with Crippen LogP contribution < -0.4 is 5.32 Å². The molecule has 0 bridgehead atoms. The average Bonchev–Trinajstić information content (AvgIpc) is 3.41. The van der Waals surface area contributed by atoms with Gasteiger partial charge in [0.15, 0.2) is 5.82 Å². The largest absolute Gasteiger partial charge is 0.375 e. The van der Waals surface area contributed by atoms with E-state index in [1.165, 1.54) is 74.6 Å². The second kappa shape index (κ2) is 14.9. The first-order valence-electron chi connectivity index (χ1n) is 14.3. The van der Waals surface area contributed by atoms with Crippen molar-refractivity contribution in [1.82, 2.24) is 20.2 Å². The number of hydrogen-bond acceptors (Lipinski definition) is 5. The highest BCUT2D eigenvalue weighted by atomic mass is 16.5. The molecule has 2 atom stereocenters. The van der Waals surface area contributed by atoms with E-state index in [9.17, 15) is 0 Å². The number of nitrogens with two attached hydrogens (primary N) is 1. The molecular weight excluding hydrogens is 458 g/mol. The summed E-state index contributed by atoms with van der Waals surface area (Å²) in [7, 11) is 0. The normalized spacial score (nSPS) is 17.4. The Hall–Kier alpha value is -2.70. The van der Waals surface area contributed by atoms with Crippen molar-refractivity contribution in [3.05, 3.63) is 71.2 Å². The molecule has 0 aliphatic carbocycles. The first kappa shape index (κ1) is 27.3. The third-order valence-corrected chi connectivity index (χ3v) is 7.61. The highest BCUT2D eigenvalue weighted by Crippen LogP contribution is 2.25. The minimum absolute atomic E-state index is 0.510. The van der Waals surface area contributed by atoms with E-state index in [-0.39, 0.29) is 0 Å². The Morgan fingerprint density at radius 2 is 1.70 bits per heavy atom. The van der Waals surface area contributed by atoms with Gasteiger partial charge in [-0.2, -0.15) is 5.10 Å². The number of benzene rings is 1. The number of unbranched alkanes of at least 4 members (excludes halogenated alkanes) is 5. The fraction of sp³-hybridized carbons (Fsp3) is 0.548. The maximum absolute atomic E-state index is 6.17. The van der Waals surface area contributed by atoms with E-state index < -0.39 is 0 Å². The molecular formula is C31H44N5O+. The second-order valence-electron chi connectivity index (χ2n) is 10.4. The molecule has 3 heterocycles. The Bertz CT molecular complexity index is 1060. The molecule has 1 fully saturated rings. The summed E-state index contributed by atoms with van der Waals surface area (Å²) in [6, 6.07) is 13.8. The number of aromatic nitrogens is 4. The SMILES string of the molecule is CCCCCCCCc1ccc([C@H]2CC[NH2+][C@@H]2COCCCc2cc(-c3ncccn3)nnc2C)cc1. The summed E-state index contributed by atoms with van der Waals surface area (Å²) in [6.07, 6.45) is 15.9. The van der Waals surface area contributed by atoms with Crippen molar-refractivity contribution in [3.63, 3.8) is 0 Å². The lowest BCUT2D eigenvalue weighted by Crippen LogP contribution is -2.88. The highest BCUT2D eigenvalue weighted by molar-refractivity contribution is 5.49. The molecule has 3 aromatic rings. The Morgan fingerprint density at radius 3 is 2.51 bits per heavy atom. The molecule has 37 heavy (non-hydrogen) atoms. The van der Waals surface area contributed by atoms with Gasteiger partial charge in [0, 0.05) is 31.3 Å². The molecule has 0 saturated carbocycles. The predicted molar refractivity (Wildman–Crippen MR) is 148 cm³/mol. The summed E-state index contributed by atoms with van der Waals surface area (Å²) in [5.74, 6) is 1.20. The van der Waals surface area contributed by atoms with Crippen molar-refractivity contribution in [3.8, 4) is 11.5 Å². The monoisotopic (exact) mass is 502 g/mol. The Morgan fingerprint density at radius 1 is 0.919 bits per heavy atom. The molecule has 2 aromatic heterocycles. The van der Waals surface area contributed by atoms with Gasteiger partial charge in [0.05, 0.1) is 18.8 Å². The topological polar surface area (TPSA) is 77.4 Å². The van der Waals surface area contributed by atoms with E-state index >= 15 is 0 Å². The summed E-state index contributed by atoms with van der Waals surface area (Å²) < 4.78 is 6.17. The van der Waals surface area contributed by atoms with E-state index in [0.29, 0.717) is 17.8 Å². The van der Waals surface area contributed by atoms with Gasteiger partial charge < -0.3 is 10.1 Å². The summed E-state index contributed by atoms with van der Waals surface area (Å²) in [4.78, 5) is 8.59. The number of nitrogens with zero attached hydrogens (tertiary/aromatic N) is 4. The fourth-order valence-electron chi connectivity index (χ4n) is 5.38. The van der Waals surface area contributed by atoms with Crippen LogP contribution in [0, 0.1) is 6.92 Å². The van der Waals surface area contributed by atoms with Gasteiger partial charge in [0.1, 0.15) is 11.7 Å². The van der Waals surface area contributed by atoms with Gasteiger partial charge in [-0.05, 0) is 61.4 Å². The van der Waals surface area contributed by atoms with E-state index in [0.717, 1.165) is 37.4 Å². The van der Waals surface area contributed by atoms with Crippen LogP contribution in [0.4, 0.5) is 0 Å². The van der Waals surface area contributed by atoms with E-state index in [2.05, 4.69) is 62.7 Å². The maximum Gasteiger partial charge on any atom is 0.180 e. The van der Waals surface area contributed by atoms with Crippen LogP contribution in [0.15, 0.2) is 48.8 Å². The Balaban J connectivity index is 1.18. The molecule has 1 aliphatic rings. The minimum atomic E-state index is 0.510. The van der Waals surface area contributed by atoms with E-state index in [1.54, 1.807) is 12.4 Å². The van der Waals surface area contributed by atoms with Crippen molar-refractivity contribution >= 4 is 0 Å². The summed E-state index contributed by atoms with van der Waals surface area (Å²) in [5, 5.41) is 11.1. The lowest BCUT2D eigenvalue weighted by molar-refractivity contribution is -0.673. The summed E-state index contributed by atoms with van der Waals surface area (Å²) in [5.41, 5.74) is 5.83. The molecule has 0 amide bonds. The molecule has 6 heteroatoms. The van der Waals surface area contributed by atoms with Crippen LogP contribution >= 0.6 is 0 Å². The quantitative estimate of drug-likeness (QED) is 0.289. The first-order chi connectivity index (χ1) is 18.2. The van der Waals surface area contributed by atoms with Gasteiger partial charge >= 0.3 is 0 Å². The fourth-order valence-corrected chi connectivity index (χ4v) is 5.38. The van der Waals surface area contributed by atoms with Gasteiger partial charge in [-0.25, -0.2) is 9.97 Å². The van der Waals surface area contributed by atoms with Crippen molar-refractivity contribution in [2.24, 2.45) is 0 Å². The molecule has 0 unspecified atom stereocenters. The zero-order chi connectivity index (χ0) is 25.7. The van der Waals surface area contributed by atoms with Crippen LogP contribution in [0.1, 0.15) is 86.6 Å². The van der Waals surface area contributed by atoms with Gasteiger partial charge in [0.25, 0.3) is 0 Å². The number of aryl methyl sites for hydroxylation is 3. The van der Waals surface area contributed by atoms with Crippen LogP contribution in [-0.2, 0) is 17.6 Å². The highest BCUT2D eigenvalue weighted by Gasteiger charge is 2.32. The van der Waals surface area contributed by atoms with E-state index in [1.807, 2.05) is 13.0 Å². The minimum Gasteiger partial charge on any atom is -0.375 e. The molecule has 1 saturated heterocycles. The summed E-state index contributed by atoms with van der Waals surface area (Å²) >= 11 is 0. The number of rotatable bonds is 15. The molecule has 0 radical (unpaired) electrons. The lowest BCUT2D eigenvalue weighted by Gasteiger charge is -2.17. The molecule has 1 aliphatic heterocycles. The van der Waals surface area contributed by atoms with Crippen LogP contribution in [0.5, 0.6) is 0 Å². The van der Waals surface area contributed by atoms with Crippen LogP contribution in [0.25, 0.3) is 11.5 Å². The Labute approximate surface area is 222 Å². The van der Waals surface area contributed by atoms with Gasteiger partial charge in [0.2, 0.25) is 0 Å². The first-order valence-corrected chi connectivity index (χ1v) is 14.3.